The highest BCUT2D eigenvalue weighted by atomic mass is 32.1. The minimum Gasteiger partial charge on any atom is -0.372 e. The zero-order valence-electron chi connectivity index (χ0n) is 14.0. The number of benzene rings is 1. The molecule has 0 spiro atoms. The molecule has 0 atom stereocenters. The average molecular weight is 339 g/mol. The first-order chi connectivity index (χ1) is 11.7. The number of rotatable bonds is 3. The van der Waals surface area contributed by atoms with Crippen molar-refractivity contribution >= 4 is 17.0 Å². The lowest BCUT2D eigenvalue weighted by atomic mass is 9.98. The summed E-state index contributed by atoms with van der Waals surface area (Å²) in [5, 5.41) is 4.13. The summed E-state index contributed by atoms with van der Waals surface area (Å²) in [6.07, 6.45) is 2.55. The molecule has 5 heteroatoms. The first kappa shape index (κ1) is 15.4. The van der Waals surface area contributed by atoms with Gasteiger partial charge in [-0.3, -0.25) is 0 Å². The van der Waals surface area contributed by atoms with E-state index in [1.165, 1.54) is 23.4 Å². The predicted molar refractivity (Wildman–Crippen MR) is 98.4 cm³/mol. The van der Waals surface area contributed by atoms with Gasteiger partial charge in [0.25, 0.3) is 5.89 Å². The molecule has 0 N–H and O–H groups in total. The van der Waals surface area contributed by atoms with Crippen molar-refractivity contribution in [3.63, 3.8) is 0 Å². The first-order valence-electron chi connectivity index (χ1n) is 8.45. The normalized spacial score (nSPS) is 15.8. The Labute approximate surface area is 146 Å². The molecule has 0 amide bonds. The van der Waals surface area contributed by atoms with E-state index in [2.05, 4.69) is 59.2 Å². The Morgan fingerprint density at radius 2 is 1.83 bits per heavy atom. The van der Waals surface area contributed by atoms with Crippen LogP contribution in [0.25, 0.3) is 22.2 Å². The fourth-order valence-electron chi connectivity index (χ4n) is 3.08. The molecule has 0 aliphatic carbocycles. The summed E-state index contributed by atoms with van der Waals surface area (Å²) in [4.78, 5) is 9.25. The van der Waals surface area contributed by atoms with Gasteiger partial charge in [-0.15, -0.1) is 11.3 Å². The Morgan fingerprint density at radius 3 is 2.50 bits per heavy atom. The highest BCUT2D eigenvalue weighted by Crippen LogP contribution is 2.29. The van der Waals surface area contributed by atoms with Gasteiger partial charge < -0.3 is 9.42 Å². The van der Waals surface area contributed by atoms with Crippen LogP contribution in [0.3, 0.4) is 0 Å². The van der Waals surface area contributed by atoms with Crippen LogP contribution in [0.1, 0.15) is 24.6 Å². The molecular weight excluding hydrogens is 318 g/mol. The molecule has 1 fully saturated rings. The summed E-state index contributed by atoms with van der Waals surface area (Å²) in [7, 11) is 0. The van der Waals surface area contributed by atoms with Gasteiger partial charge in [-0.1, -0.05) is 12.1 Å². The smallest absolute Gasteiger partial charge is 0.268 e. The standard InChI is InChI=1S/C19H21N3OS/c1-13-9-11-22(12-10-13)16-6-4-15(5-7-16)18-20-19(23-21-18)17-8-3-14(2)24-17/h3-8,13H,9-12H2,1-2H3. The second-order valence-electron chi connectivity index (χ2n) is 6.55. The van der Waals surface area contributed by atoms with E-state index in [9.17, 15) is 0 Å². The van der Waals surface area contributed by atoms with Crippen LogP contribution in [-0.2, 0) is 0 Å². The molecule has 3 heterocycles. The SMILES string of the molecule is Cc1ccc(-c2nc(-c3ccc(N4CCC(C)CC4)cc3)no2)s1. The zero-order chi connectivity index (χ0) is 16.5. The molecule has 0 saturated carbocycles. The number of anilines is 1. The number of thiophene rings is 1. The molecule has 1 aromatic carbocycles. The lowest BCUT2D eigenvalue weighted by Gasteiger charge is -2.32. The van der Waals surface area contributed by atoms with Gasteiger partial charge in [-0.05, 0) is 62.1 Å². The van der Waals surface area contributed by atoms with Crippen LogP contribution >= 0.6 is 11.3 Å². The van der Waals surface area contributed by atoms with Gasteiger partial charge in [0.15, 0.2) is 0 Å². The molecule has 0 bridgehead atoms. The Kier molecular flexibility index (Phi) is 4.10. The minimum atomic E-state index is 0.595. The van der Waals surface area contributed by atoms with Crippen molar-refractivity contribution in [2.45, 2.75) is 26.7 Å². The number of hydrogen-bond donors (Lipinski definition) is 0. The van der Waals surface area contributed by atoms with Crippen LogP contribution in [0.2, 0.25) is 0 Å². The number of piperidine rings is 1. The Balaban J connectivity index is 1.52. The molecule has 124 valence electrons. The molecule has 0 unspecified atom stereocenters. The maximum Gasteiger partial charge on any atom is 0.268 e. The first-order valence-corrected chi connectivity index (χ1v) is 9.26. The Hall–Kier alpha value is -2.14. The predicted octanol–water partition coefficient (Wildman–Crippen LogP) is 5.01. The van der Waals surface area contributed by atoms with E-state index in [1.807, 2.05) is 6.07 Å². The summed E-state index contributed by atoms with van der Waals surface area (Å²) < 4.78 is 5.42. The maximum atomic E-state index is 5.42. The van der Waals surface area contributed by atoms with Crippen molar-refractivity contribution in [3.8, 4) is 22.2 Å². The molecule has 2 aromatic heterocycles. The van der Waals surface area contributed by atoms with Crippen molar-refractivity contribution in [1.82, 2.24) is 10.1 Å². The van der Waals surface area contributed by atoms with Crippen LogP contribution in [0.4, 0.5) is 5.69 Å². The Bertz CT molecular complexity index is 813. The van der Waals surface area contributed by atoms with E-state index >= 15 is 0 Å². The molecule has 24 heavy (non-hydrogen) atoms. The fraction of sp³-hybridized carbons (Fsp3) is 0.368. The van der Waals surface area contributed by atoms with Crippen LogP contribution < -0.4 is 4.90 Å². The third-order valence-electron chi connectivity index (χ3n) is 4.65. The quantitative estimate of drug-likeness (QED) is 0.673. The van der Waals surface area contributed by atoms with E-state index in [-0.39, 0.29) is 0 Å². The third kappa shape index (κ3) is 3.08. The van der Waals surface area contributed by atoms with Gasteiger partial charge in [0.05, 0.1) is 4.88 Å². The number of hydrogen-bond acceptors (Lipinski definition) is 5. The molecule has 1 saturated heterocycles. The second-order valence-corrected chi connectivity index (χ2v) is 7.84. The topological polar surface area (TPSA) is 42.2 Å². The zero-order valence-corrected chi connectivity index (χ0v) is 14.8. The van der Waals surface area contributed by atoms with Crippen molar-refractivity contribution in [3.05, 3.63) is 41.3 Å². The highest BCUT2D eigenvalue weighted by Gasteiger charge is 2.17. The van der Waals surface area contributed by atoms with E-state index in [0.29, 0.717) is 11.7 Å². The lowest BCUT2D eigenvalue weighted by Crippen LogP contribution is -2.32. The fourth-order valence-corrected chi connectivity index (χ4v) is 3.87. The van der Waals surface area contributed by atoms with Crippen LogP contribution in [-0.4, -0.2) is 23.2 Å². The largest absolute Gasteiger partial charge is 0.372 e. The van der Waals surface area contributed by atoms with Gasteiger partial charge in [0.2, 0.25) is 5.82 Å². The van der Waals surface area contributed by atoms with Crippen molar-refractivity contribution in [2.75, 3.05) is 18.0 Å². The minimum absolute atomic E-state index is 0.595. The van der Waals surface area contributed by atoms with Gasteiger partial charge in [-0.25, -0.2) is 0 Å². The van der Waals surface area contributed by atoms with Crippen molar-refractivity contribution in [1.29, 1.82) is 0 Å². The molecule has 4 nitrogen and oxygen atoms in total. The van der Waals surface area contributed by atoms with Crippen LogP contribution in [0, 0.1) is 12.8 Å². The lowest BCUT2D eigenvalue weighted by molar-refractivity contribution is 0.433. The van der Waals surface area contributed by atoms with Gasteiger partial charge in [0, 0.05) is 29.2 Å². The molecular formula is C19H21N3OS. The monoisotopic (exact) mass is 339 g/mol. The van der Waals surface area contributed by atoms with E-state index in [4.69, 9.17) is 4.52 Å². The van der Waals surface area contributed by atoms with E-state index in [1.54, 1.807) is 11.3 Å². The molecule has 0 radical (unpaired) electrons. The van der Waals surface area contributed by atoms with Gasteiger partial charge in [-0.2, -0.15) is 4.98 Å². The molecule has 4 rings (SSSR count). The number of nitrogens with zero attached hydrogens (tertiary/aromatic N) is 3. The summed E-state index contributed by atoms with van der Waals surface area (Å²) in [6.45, 7) is 6.70. The van der Waals surface area contributed by atoms with Gasteiger partial charge >= 0.3 is 0 Å². The summed E-state index contributed by atoms with van der Waals surface area (Å²) in [5.41, 5.74) is 2.27. The Morgan fingerprint density at radius 1 is 1.08 bits per heavy atom. The maximum absolute atomic E-state index is 5.42. The average Bonchev–Trinajstić information content (AvgIpc) is 3.25. The molecule has 3 aromatic rings. The van der Waals surface area contributed by atoms with Gasteiger partial charge in [0.1, 0.15) is 0 Å². The third-order valence-corrected chi connectivity index (χ3v) is 5.64. The summed E-state index contributed by atoms with van der Waals surface area (Å²) in [6, 6.07) is 12.6. The summed E-state index contributed by atoms with van der Waals surface area (Å²) in [5.74, 6) is 2.09. The van der Waals surface area contributed by atoms with Crippen LogP contribution in [0.15, 0.2) is 40.9 Å². The number of aromatic nitrogens is 2. The second kappa shape index (κ2) is 6.40. The van der Waals surface area contributed by atoms with Crippen LogP contribution in [0.5, 0.6) is 0 Å². The van der Waals surface area contributed by atoms with E-state index in [0.717, 1.165) is 29.4 Å². The van der Waals surface area contributed by atoms with Crippen molar-refractivity contribution < 1.29 is 4.52 Å². The molecule has 1 aliphatic heterocycles. The highest BCUT2D eigenvalue weighted by molar-refractivity contribution is 7.15. The molecule has 1 aliphatic rings. The van der Waals surface area contributed by atoms with Crippen molar-refractivity contribution in [2.24, 2.45) is 5.92 Å². The van der Waals surface area contributed by atoms with E-state index < -0.39 is 0 Å². The number of aryl methyl sites for hydroxylation is 1. The summed E-state index contributed by atoms with van der Waals surface area (Å²) >= 11 is 1.67.